The fourth-order valence-electron chi connectivity index (χ4n) is 0.459. The van der Waals surface area contributed by atoms with Crippen LogP contribution in [0.2, 0.25) is 0 Å². The van der Waals surface area contributed by atoms with E-state index in [1.54, 1.807) is 0 Å². The summed E-state index contributed by atoms with van der Waals surface area (Å²) < 4.78 is 5.75. The molecule has 0 bridgehead atoms. The van der Waals surface area contributed by atoms with Crippen LogP contribution in [0.3, 0.4) is 0 Å². The number of carbonyl (C=O) groups excluding carboxylic acids is 1. The summed E-state index contributed by atoms with van der Waals surface area (Å²) in [5.41, 5.74) is -0.369. The van der Waals surface area contributed by atoms with Gasteiger partial charge in [0.2, 0.25) is 0 Å². The van der Waals surface area contributed by atoms with Crippen LogP contribution in [0.4, 0.5) is 4.79 Å². The van der Waals surface area contributed by atoms with Gasteiger partial charge in [-0.3, -0.25) is 0 Å². The van der Waals surface area contributed by atoms with E-state index < -0.39 is 0 Å². The zero-order chi connectivity index (χ0) is 8.20. The number of amides is 1. The van der Waals surface area contributed by atoms with Crippen molar-refractivity contribution in [3.63, 3.8) is 0 Å². The molecule has 0 aromatic heterocycles. The number of rotatable bonds is 1. The summed E-state index contributed by atoms with van der Waals surface area (Å²) in [4.78, 5) is 10.8. The van der Waals surface area contributed by atoms with Crippen LogP contribution in [0.15, 0.2) is 0 Å². The molecule has 0 saturated heterocycles. The molecule has 0 atom stereocenters. The molecule has 0 aromatic carbocycles. The van der Waals surface area contributed by atoms with Crippen LogP contribution in [0.5, 0.6) is 0 Å². The van der Waals surface area contributed by atoms with Gasteiger partial charge in [-0.1, -0.05) is 0 Å². The molecule has 0 aliphatic rings. The van der Waals surface area contributed by atoms with Crippen LogP contribution in [-0.2, 0) is 4.74 Å². The molecule has 0 aromatic rings. The molecule has 0 saturated carbocycles. The molecular weight excluding hydrogens is 157 g/mol. The van der Waals surface area contributed by atoms with Gasteiger partial charge in [0.25, 0.3) is 0 Å². The first-order valence-electron chi connectivity index (χ1n) is 3.42. The number of hydrogen-bond acceptors (Lipinski definition) is 2. The Labute approximate surface area is 95.5 Å². The van der Waals surface area contributed by atoms with E-state index in [-0.39, 0.29) is 11.7 Å². The molecule has 0 fully saturated rings. The van der Waals surface area contributed by atoms with E-state index in [1.807, 2.05) is 20.8 Å². The first kappa shape index (κ1) is 10.9. The fourth-order valence-corrected chi connectivity index (χ4v) is 0.909. The topological polar surface area (TPSA) is 38.3 Å². The Morgan fingerprint density at radius 3 is 2.40 bits per heavy atom. The maximum atomic E-state index is 10.8. The van der Waals surface area contributed by atoms with Crippen LogP contribution in [-0.4, -0.2) is 61.3 Å². The first-order valence-corrected chi connectivity index (χ1v) is 5.63. The molecule has 4 heteroatoms. The van der Waals surface area contributed by atoms with Crippen molar-refractivity contribution in [3.05, 3.63) is 0 Å². The van der Waals surface area contributed by atoms with Crippen molar-refractivity contribution in [2.45, 2.75) is 26.4 Å². The van der Waals surface area contributed by atoms with Crippen LogP contribution < -0.4 is 5.32 Å². The van der Waals surface area contributed by atoms with Crippen molar-refractivity contribution in [2.24, 2.45) is 0 Å². The van der Waals surface area contributed by atoms with Crippen LogP contribution in [0, 0.1) is 0 Å². The number of ether oxygens (including phenoxy) is 1. The normalized spacial score (nSPS) is 10.9. The molecule has 1 amide bonds. The number of hydrogen-bond donors (Lipinski definition) is 1. The van der Waals surface area contributed by atoms with Crippen molar-refractivity contribution < 1.29 is 9.53 Å². The average molecular weight is 169 g/mol. The van der Waals surface area contributed by atoms with Crippen LogP contribution >= 0.6 is 0 Å². The zero-order valence-corrected chi connectivity index (χ0v) is 10.1. The Morgan fingerprint density at radius 2 is 2.10 bits per heavy atom. The summed E-state index contributed by atoms with van der Waals surface area (Å²) in [6, 6.07) is 0. The van der Waals surface area contributed by atoms with Crippen molar-refractivity contribution in [1.82, 2.24) is 5.32 Å². The maximum absolute atomic E-state index is 10.8. The van der Waals surface area contributed by atoms with Gasteiger partial charge in [-0.15, -0.1) is 0 Å². The molecule has 54 valence electrons. The summed E-state index contributed by atoms with van der Waals surface area (Å²) in [6.45, 7) is 5.55. The molecule has 0 rings (SSSR count). The summed E-state index contributed by atoms with van der Waals surface area (Å²) in [6.07, 6.45) is -0.305. The summed E-state index contributed by atoms with van der Waals surface area (Å²) >= 11 is 0.657. The van der Waals surface area contributed by atoms with Gasteiger partial charge >= 0.3 is 96.9 Å². The van der Waals surface area contributed by atoms with Gasteiger partial charge < -0.3 is 0 Å². The number of nitrogens with one attached hydrogen (secondary N) is 1. The third-order valence-corrected chi connectivity index (χ3v) is 1.27. The third-order valence-electron chi connectivity index (χ3n) is 0.720. The average Bonchev–Trinajstić information content (AvgIpc) is 1.59. The van der Waals surface area contributed by atoms with Crippen molar-refractivity contribution >= 4 is 55.0 Å². The fraction of sp³-hybridized carbons (Fsp3) is 0.833. The van der Waals surface area contributed by atoms with E-state index in [0.29, 0.717) is 49.0 Å². The molecular formula is C6H12KNO2. The second-order valence-corrected chi connectivity index (χ2v) is 4.14. The van der Waals surface area contributed by atoms with Gasteiger partial charge in [-0.05, 0) is 0 Å². The Morgan fingerprint density at radius 1 is 1.60 bits per heavy atom. The number of carbonyl (C=O) groups is 1. The van der Waals surface area contributed by atoms with E-state index in [0.717, 1.165) is 0.639 Å². The summed E-state index contributed by atoms with van der Waals surface area (Å²) in [7, 11) is 0. The molecule has 3 nitrogen and oxygen atoms in total. The van der Waals surface area contributed by atoms with E-state index in [1.165, 1.54) is 0 Å². The van der Waals surface area contributed by atoms with Crippen LogP contribution in [0.1, 0.15) is 20.8 Å². The molecule has 1 N–H and O–H groups in total. The van der Waals surface area contributed by atoms with Crippen LogP contribution in [0.25, 0.3) is 0 Å². The quantitative estimate of drug-likeness (QED) is 0.585. The van der Waals surface area contributed by atoms with Gasteiger partial charge in [0.05, 0.1) is 0 Å². The van der Waals surface area contributed by atoms with Crippen molar-refractivity contribution in [2.75, 3.05) is 0.639 Å². The molecule has 10 heavy (non-hydrogen) atoms. The minimum atomic E-state index is -0.369. The van der Waals surface area contributed by atoms with Gasteiger partial charge in [0, 0.05) is 0 Å². The van der Waals surface area contributed by atoms with Gasteiger partial charge in [-0.2, -0.15) is 0 Å². The Bertz CT molecular complexity index is 119. The molecule has 0 heterocycles. The van der Waals surface area contributed by atoms with E-state index in [4.69, 9.17) is 4.74 Å². The Hall–Kier alpha value is 0.906. The second-order valence-electron chi connectivity index (χ2n) is 3.03. The summed E-state index contributed by atoms with van der Waals surface area (Å²) in [5.74, 6) is 0. The van der Waals surface area contributed by atoms with Crippen molar-refractivity contribution in [1.29, 1.82) is 0 Å². The Kier molecular flexibility index (Phi) is 5.15. The predicted molar refractivity (Wildman–Crippen MR) is 40.0 cm³/mol. The van der Waals surface area contributed by atoms with Gasteiger partial charge in [0.1, 0.15) is 0 Å². The molecule has 0 spiro atoms. The number of alkyl carbamates (subject to hydrolysis) is 1. The van der Waals surface area contributed by atoms with E-state index >= 15 is 0 Å². The molecule has 0 radical (unpaired) electrons. The second kappa shape index (κ2) is 4.72. The SMILES string of the molecule is CC(C)(C)OC(=O)N[CH2][K]. The monoisotopic (exact) mass is 169 g/mol. The zero-order valence-electron chi connectivity index (χ0n) is 7.02. The first-order chi connectivity index (χ1) is 4.45. The third kappa shape index (κ3) is 7.02. The van der Waals surface area contributed by atoms with Gasteiger partial charge in [-0.25, -0.2) is 0 Å². The van der Waals surface area contributed by atoms with Gasteiger partial charge in [0.15, 0.2) is 0 Å². The molecule has 0 aliphatic heterocycles. The molecule has 0 unspecified atom stereocenters. The van der Waals surface area contributed by atoms with E-state index in [9.17, 15) is 4.79 Å². The minimum absolute atomic E-state index is 0.305. The molecule has 0 aliphatic carbocycles. The Balaban J connectivity index is 3.58. The van der Waals surface area contributed by atoms with Crippen molar-refractivity contribution in [3.8, 4) is 0 Å². The predicted octanol–water partition coefficient (Wildman–Crippen LogP) is 0.637. The summed E-state index contributed by atoms with van der Waals surface area (Å²) in [5, 5.41) is 2.62. The van der Waals surface area contributed by atoms with E-state index in [2.05, 4.69) is 5.32 Å². The standard InChI is InChI=1S/C6H12NO2.K/c1-6(2,3)9-5(8)7-4;/h4H2,1-3H3,(H,7,8);.